The molecule has 1 aliphatic rings. The first-order valence-corrected chi connectivity index (χ1v) is 13.0. The number of hydrogen-bond donors (Lipinski definition) is 2. The maximum Gasteiger partial charge on any atom is 0.416 e. The van der Waals surface area contributed by atoms with E-state index in [1.807, 2.05) is 43.3 Å². The normalized spacial score (nSPS) is 15.0. The lowest BCUT2D eigenvalue weighted by Crippen LogP contribution is -2.28. The predicted octanol–water partition coefficient (Wildman–Crippen LogP) is 7.91. The number of hydrogen-bond acceptors (Lipinski definition) is 3. The van der Waals surface area contributed by atoms with E-state index in [4.69, 9.17) is 11.6 Å². The van der Waals surface area contributed by atoms with Crippen molar-refractivity contribution < 1.29 is 18.0 Å². The number of nitrogens with one attached hydrogen (secondary N) is 2. The molecule has 0 aliphatic heterocycles. The van der Waals surface area contributed by atoms with Crippen LogP contribution in [0.1, 0.15) is 37.5 Å². The zero-order valence-electron chi connectivity index (χ0n) is 20.0. The van der Waals surface area contributed by atoms with E-state index < -0.39 is 11.7 Å². The second kappa shape index (κ2) is 10.3. The van der Waals surface area contributed by atoms with E-state index in [9.17, 15) is 18.0 Å². The molecule has 5 rings (SSSR count). The highest BCUT2D eigenvalue weighted by molar-refractivity contribution is 7.16. The molecule has 4 aromatic rings. The summed E-state index contributed by atoms with van der Waals surface area (Å²) in [5, 5.41) is 6.57. The highest BCUT2D eigenvalue weighted by Gasteiger charge is 2.30. The van der Waals surface area contributed by atoms with Crippen LogP contribution in [-0.2, 0) is 25.6 Å². The first-order chi connectivity index (χ1) is 17.7. The van der Waals surface area contributed by atoms with Crippen molar-refractivity contribution in [1.29, 1.82) is 0 Å². The Kier molecular flexibility index (Phi) is 7.12. The van der Waals surface area contributed by atoms with Gasteiger partial charge in [-0.15, -0.1) is 11.3 Å². The van der Waals surface area contributed by atoms with Gasteiger partial charge in [-0.2, -0.15) is 13.2 Å². The monoisotopic (exact) mass is 540 g/mol. The third kappa shape index (κ3) is 5.74. The molecule has 1 atom stereocenters. The molecule has 3 nitrogen and oxygen atoms in total. The molecule has 0 fully saturated rings. The molecule has 0 spiro atoms. The Labute approximate surface area is 222 Å². The van der Waals surface area contributed by atoms with Gasteiger partial charge in [-0.1, -0.05) is 41.9 Å². The van der Waals surface area contributed by atoms with Crippen LogP contribution in [0.5, 0.6) is 0 Å². The first-order valence-electron chi connectivity index (χ1n) is 11.9. The van der Waals surface area contributed by atoms with Crippen molar-refractivity contribution in [3.8, 4) is 11.1 Å². The van der Waals surface area contributed by atoms with E-state index >= 15 is 0 Å². The summed E-state index contributed by atoms with van der Waals surface area (Å²) in [7, 11) is 0. The molecule has 1 aliphatic carbocycles. The molecule has 3 aromatic carbocycles. The second-order valence-corrected chi connectivity index (χ2v) is 11.0. The second-order valence-electron chi connectivity index (χ2n) is 9.20. The standard InChI is InChI=1S/C29H24ClF3N2OS/c1-17-3-2-4-25(27(17)18-5-8-21(9-6-18)29(31,32)33)28(36)35-22-10-7-19-13-23(15-20(19)14-22)34-16-24-11-12-26(30)37-24/h2-12,14,23,34H,13,15-16H2,1H3,(H,35,36)/t23-/m0/s1. The minimum Gasteiger partial charge on any atom is -0.322 e. The van der Waals surface area contributed by atoms with Gasteiger partial charge in [0.25, 0.3) is 5.91 Å². The summed E-state index contributed by atoms with van der Waals surface area (Å²) in [6.45, 7) is 2.61. The number of benzene rings is 3. The largest absolute Gasteiger partial charge is 0.416 e. The van der Waals surface area contributed by atoms with Crippen LogP contribution in [-0.4, -0.2) is 11.9 Å². The minimum atomic E-state index is -4.41. The lowest BCUT2D eigenvalue weighted by atomic mass is 9.93. The quantitative estimate of drug-likeness (QED) is 0.261. The molecule has 8 heteroatoms. The number of amides is 1. The maximum absolute atomic E-state index is 13.3. The number of anilines is 1. The third-order valence-electron chi connectivity index (χ3n) is 6.61. The van der Waals surface area contributed by atoms with Gasteiger partial charge in [0.05, 0.1) is 9.90 Å². The van der Waals surface area contributed by atoms with Gasteiger partial charge in [-0.3, -0.25) is 4.79 Å². The summed E-state index contributed by atoms with van der Waals surface area (Å²) in [5.41, 5.74) is 4.80. The number of rotatable bonds is 6. The van der Waals surface area contributed by atoms with Gasteiger partial charge < -0.3 is 10.6 Å². The van der Waals surface area contributed by atoms with Gasteiger partial charge in [0, 0.05) is 28.7 Å². The van der Waals surface area contributed by atoms with E-state index in [1.165, 1.54) is 28.1 Å². The van der Waals surface area contributed by atoms with Gasteiger partial charge in [0.2, 0.25) is 0 Å². The van der Waals surface area contributed by atoms with Crippen molar-refractivity contribution in [2.45, 2.75) is 38.5 Å². The van der Waals surface area contributed by atoms with Crippen molar-refractivity contribution in [3.05, 3.63) is 110 Å². The average Bonchev–Trinajstić information content (AvgIpc) is 3.47. The van der Waals surface area contributed by atoms with Crippen LogP contribution >= 0.6 is 22.9 Å². The summed E-state index contributed by atoms with van der Waals surface area (Å²) >= 11 is 7.59. The summed E-state index contributed by atoms with van der Waals surface area (Å²) in [6, 6.07) is 20.4. The number of alkyl halides is 3. The van der Waals surface area contributed by atoms with Crippen molar-refractivity contribution in [1.82, 2.24) is 5.32 Å². The Morgan fingerprint density at radius 2 is 1.76 bits per heavy atom. The Morgan fingerprint density at radius 3 is 2.46 bits per heavy atom. The average molecular weight is 541 g/mol. The topological polar surface area (TPSA) is 41.1 Å². The van der Waals surface area contributed by atoms with E-state index in [1.54, 1.807) is 23.5 Å². The van der Waals surface area contributed by atoms with Crippen LogP contribution in [0.4, 0.5) is 18.9 Å². The van der Waals surface area contributed by atoms with Crippen LogP contribution in [0.2, 0.25) is 4.34 Å². The molecule has 0 saturated carbocycles. The molecule has 1 heterocycles. The summed E-state index contributed by atoms with van der Waals surface area (Å²) in [5.74, 6) is -0.305. The van der Waals surface area contributed by atoms with Crippen LogP contribution in [0, 0.1) is 6.92 Å². The summed E-state index contributed by atoms with van der Waals surface area (Å²) in [4.78, 5) is 14.5. The Morgan fingerprint density at radius 1 is 1.00 bits per heavy atom. The van der Waals surface area contributed by atoms with Gasteiger partial charge >= 0.3 is 6.18 Å². The fraction of sp³-hybridized carbons (Fsp3) is 0.207. The molecule has 0 radical (unpaired) electrons. The van der Waals surface area contributed by atoms with Crippen molar-refractivity contribution in [2.75, 3.05) is 5.32 Å². The summed E-state index contributed by atoms with van der Waals surface area (Å²) < 4.78 is 39.8. The van der Waals surface area contributed by atoms with Crippen LogP contribution in [0.15, 0.2) is 72.8 Å². The number of carbonyl (C=O) groups excluding carboxylic acids is 1. The maximum atomic E-state index is 13.3. The molecule has 2 N–H and O–H groups in total. The molecule has 1 aromatic heterocycles. The first kappa shape index (κ1) is 25.5. The number of aryl methyl sites for hydroxylation is 1. The van der Waals surface area contributed by atoms with Crippen molar-refractivity contribution in [3.63, 3.8) is 0 Å². The molecular formula is C29H24ClF3N2OS. The van der Waals surface area contributed by atoms with Crippen LogP contribution in [0.3, 0.4) is 0 Å². The summed E-state index contributed by atoms with van der Waals surface area (Å²) in [6.07, 6.45) is -2.64. The zero-order valence-corrected chi connectivity index (χ0v) is 21.5. The fourth-order valence-electron chi connectivity index (χ4n) is 4.80. The lowest BCUT2D eigenvalue weighted by molar-refractivity contribution is -0.137. The van der Waals surface area contributed by atoms with Gasteiger partial charge in [0.1, 0.15) is 0 Å². The molecule has 190 valence electrons. The molecule has 0 bridgehead atoms. The Bertz CT molecular complexity index is 1450. The fourth-order valence-corrected chi connectivity index (χ4v) is 5.83. The van der Waals surface area contributed by atoms with Crippen LogP contribution < -0.4 is 10.6 Å². The van der Waals surface area contributed by atoms with Gasteiger partial charge in [-0.05, 0) is 90.0 Å². The minimum absolute atomic E-state index is 0.305. The number of halogens is 4. The number of fused-ring (bicyclic) bond motifs is 1. The van der Waals surface area contributed by atoms with E-state index in [0.29, 0.717) is 28.4 Å². The third-order valence-corrected chi connectivity index (χ3v) is 7.84. The Balaban J connectivity index is 1.30. The molecule has 0 unspecified atom stereocenters. The molecule has 37 heavy (non-hydrogen) atoms. The highest BCUT2D eigenvalue weighted by Crippen LogP contribution is 2.34. The smallest absolute Gasteiger partial charge is 0.322 e. The van der Waals surface area contributed by atoms with Gasteiger partial charge in [-0.25, -0.2) is 0 Å². The lowest BCUT2D eigenvalue weighted by Gasteiger charge is -2.15. The van der Waals surface area contributed by atoms with E-state index in [2.05, 4.69) is 10.6 Å². The highest BCUT2D eigenvalue weighted by atomic mass is 35.5. The van der Waals surface area contributed by atoms with Crippen molar-refractivity contribution >= 4 is 34.5 Å². The SMILES string of the molecule is Cc1cccc(C(=O)Nc2ccc3c(c2)C[C@@H](NCc2ccc(Cl)s2)C3)c1-c1ccc(C(F)(F)F)cc1. The van der Waals surface area contributed by atoms with E-state index in [0.717, 1.165) is 41.4 Å². The Hall–Kier alpha value is -3.13. The molecule has 1 amide bonds. The van der Waals surface area contributed by atoms with Crippen molar-refractivity contribution in [2.24, 2.45) is 0 Å². The predicted molar refractivity (Wildman–Crippen MR) is 143 cm³/mol. The number of thiophene rings is 1. The zero-order chi connectivity index (χ0) is 26.2. The molecule has 0 saturated heterocycles. The van der Waals surface area contributed by atoms with Crippen LogP contribution in [0.25, 0.3) is 11.1 Å². The van der Waals surface area contributed by atoms with Gasteiger partial charge in [0.15, 0.2) is 0 Å². The number of carbonyl (C=O) groups is 1. The van der Waals surface area contributed by atoms with E-state index in [-0.39, 0.29) is 5.91 Å². The molecular weight excluding hydrogens is 517 g/mol.